The molecule has 0 aliphatic rings. The summed E-state index contributed by atoms with van der Waals surface area (Å²) in [7, 11) is 1.53. The number of thioether (sulfide) groups is 1. The Labute approximate surface area is 126 Å². The number of hydrogen-bond acceptors (Lipinski definition) is 3. The van der Waals surface area contributed by atoms with E-state index in [1.54, 1.807) is 36.4 Å². The van der Waals surface area contributed by atoms with Gasteiger partial charge in [-0.2, -0.15) is 0 Å². The second-order valence-corrected chi connectivity index (χ2v) is 5.64. The van der Waals surface area contributed by atoms with Crippen molar-refractivity contribution in [3.05, 3.63) is 58.9 Å². The van der Waals surface area contributed by atoms with Gasteiger partial charge < -0.3 is 9.84 Å². The second kappa shape index (κ2) is 6.97. The summed E-state index contributed by atoms with van der Waals surface area (Å²) in [5, 5.41) is 10.8. The van der Waals surface area contributed by atoms with E-state index < -0.39 is 6.10 Å². The fourth-order valence-electron chi connectivity index (χ4n) is 1.79. The largest absolute Gasteiger partial charge is 0.496 e. The Morgan fingerprint density at radius 2 is 2.05 bits per heavy atom. The molecule has 1 N–H and O–H groups in total. The topological polar surface area (TPSA) is 29.5 Å². The van der Waals surface area contributed by atoms with Crippen LogP contribution < -0.4 is 4.74 Å². The molecule has 0 amide bonds. The molecule has 2 aromatic rings. The van der Waals surface area contributed by atoms with E-state index in [9.17, 15) is 9.50 Å². The molecule has 0 aliphatic heterocycles. The van der Waals surface area contributed by atoms with E-state index in [0.29, 0.717) is 27.0 Å². The quantitative estimate of drug-likeness (QED) is 0.834. The maximum atomic E-state index is 13.5. The summed E-state index contributed by atoms with van der Waals surface area (Å²) in [6.07, 6.45) is -0.784. The van der Waals surface area contributed by atoms with Crippen LogP contribution in [0.2, 0.25) is 5.02 Å². The number of ether oxygens (including phenoxy) is 1. The van der Waals surface area contributed by atoms with Gasteiger partial charge in [-0.3, -0.25) is 0 Å². The zero-order valence-corrected chi connectivity index (χ0v) is 12.4. The minimum Gasteiger partial charge on any atom is -0.496 e. The Bertz CT molecular complexity index is 592. The molecule has 2 nitrogen and oxygen atoms in total. The molecular formula is C15H14ClFO2S. The predicted octanol–water partition coefficient (Wildman–Crippen LogP) is 4.31. The van der Waals surface area contributed by atoms with E-state index in [1.807, 2.05) is 0 Å². The monoisotopic (exact) mass is 312 g/mol. The molecule has 20 heavy (non-hydrogen) atoms. The zero-order chi connectivity index (χ0) is 14.5. The lowest BCUT2D eigenvalue weighted by Gasteiger charge is -2.15. The first-order chi connectivity index (χ1) is 9.61. The van der Waals surface area contributed by atoms with Crippen molar-refractivity contribution in [3.63, 3.8) is 0 Å². The number of halogens is 2. The van der Waals surface area contributed by atoms with Gasteiger partial charge in [0.2, 0.25) is 0 Å². The van der Waals surface area contributed by atoms with Crippen LogP contribution in [0.3, 0.4) is 0 Å². The van der Waals surface area contributed by atoms with Crippen LogP contribution in [0.25, 0.3) is 0 Å². The van der Waals surface area contributed by atoms with Gasteiger partial charge in [0, 0.05) is 21.2 Å². The highest BCUT2D eigenvalue weighted by Crippen LogP contribution is 2.32. The van der Waals surface area contributed by atoms with Gasteiger partial charge in [-0.1, -0.05) is 23.7 Å². The average Bonchev–Trinajstić information content (AvgIpc) is 2.46. The molecule has 0 fully saturated rings. The number of aliphatic hydroxyl groups is 1. The van der Waals surface area contributed by atoms with Crippen molar-refractivity contribution >= 4 is 23.4 Å². The van der Waals surface area contributed by atoms with E-state index in [2.05, 4.69) is 0 Å². The van der Waals surface area contributed by atoms with Crippen LogP contribution in [0.15, 0.2) is 47.4 Å². The summed E-state index contributed by atoms with van der Waals surface area (Å²) in [6, 6.07) is 11.5. The normalized spacial score (nSPS) is 12.2. The van der Waals surface area contributed by atoms with E-state index in [-0.39, 0.29) is 5.82 Å². The predicted molar refractivity (Wildman–Crippen MR) is 80.1 cm³/mol. The first-order valence-electron chi connectivity index (χ1n) is 6.00. The molecule has 0 radical (unpaired) electrons. The number of hydrogen-bond donors (Lipinski definition) is 1. The van der Waals surface area contributed by atoms with Crippen molar-refractivity contribution in [1.82, 2.24) is 0 Å². The Kier molecular flexibility index (Phi) is 5.29. The Morgan fingerprint density at radius 3 is 2.75 bits per heavy atom. The summed E-state index contributed by atoms with van der Waals surface area (Å²) >= 11 is 7.18. The van der Waals surface area contributed by atoms with E-state index in [0.717, 1.165) is 0 Å². The number of methoxy groups -OCH3 is 1. The number of benzene rings is 2. The van der Waals surface area contributed by atoms with Gasteiger partial charge in [0.1, 0.15) is 11.6 Å². The highest BCUT2D eigenvalue weighted by atomic mass is 35.5. The maximum absolute atomic E-state index is 13.5. The number of aliphatic hydroxyl groups excluding tert-OH is 1. The van der Waals surface area contributed by atoms with Crippen LogP contribution >= 0.6 is 23.4 Å². The van der Waals surface area contributed by atoms with Crippen LogP contribution in [0.1, 0.15) is 11.7 Å². The molecule has 106 valence electrons. The van der Waals surface area contributed by atoms with Crippen LogP contribution in [0.5, 0.6) is 5.75 Å². The minimum atomic E-state index is -0.784. The van der Waals surface area contributed by atoms with E-state index in [1.165, 1.54) is 24.9 Å². The third-order valence-electron chi connectivity index (χ3n) is 2.78. The molecule has 5 heteroatoms. The van der Waals surface area contributed by atoms with E-state index >= 15 is 0 Å². The van der Waals surface area contributed by atoms with Crippen molar-refractivity contribution in [2.24, 2.45) is 0 Å². The molecule has 1 unspecified atom stereocenters. The summed E-state index contributed by atoms with van der Waals surface area (Å²) < 4.78 is 18.7. The standard InChI is InChI=1S/C15H14ClFO2S/c1-19-14-7-6-10(16)8-11(14)13(18)9-20-15-5-3-2-4-12(15)17/h2-8,13,18H,9H2,1H3. The first kappa shape index (κ1) is 15.2. The van der Waals surface area contributed by atoms with Gasteiger partial charge in [0.05, 0.1) is 13.2 Å². The molecule has 2 aromatic carbocycles. The maximum Gasteiger partial charge on any atom is 0.136 e. The van der Waals surface area contributed by atoms with Crippen LogP contribution in [0.4, 0.5) is 4.39 Å². The second-order valence-electron chi connectivity index (χ2n) is 4.14. The summed E-state index contributed by atoms with van der Waals surface area (Å²) in [5.41, 5.74) is 0.601. The third kappa shape index (κ3) is 3.66. The highest BCUT2D eigenvalue weighted by Gasteiger charge is 2.15. The summed E-state index contributed by atoms with van der Waals surface area (Å²) in [4.78, 5) is 0.507. The van der Waals surface area contributed by atoms with Crippen molar-refractivity contribution in [2.45, 2.75) is 11.0 Å². The molecule has 0 saturated carbocycles. The van der Waals surface area contributed by atoms with Gasteiger partial charge in [0.15, 0.2) is 0 Å². The summed E-state index contributed by atoms with van der Waals surface area (Å²) in [6.45, 7) is 0. The van der Waals surface area contributed by atoms with E-state index in [4.69, 9.17) is 16.3 Å². The lowest BCUT2D eigenvalue weighted by molar-refractivity contribution is 0.199. The molecule has 0 saturated heterocycles. The first-order valence-corrected chi connectivity index (χ1v) is 7.37. The molecule has 2 rings (SSSR count). The third-order valence-corrected chi connectivity index (χ3v) is 4.14. The Balaban J connectivity index is 2.11. The molecule has 0 bridgehead atoms. The minimum absolute atomic E-state index is 0.289. The van der Waals surface area contributed by atoms with Gasteiger partial charge >= 0.3 is 0 Å². The molecule has 0 aromatic heterocycles. The van der Waals surface area contributed by atoms with Crippen LogP contribution in [-0.2, 0) is 0 Å². The Morgan fingerprint density at radius 1 is 1.30 bits per heavy atom. The molecule has 0 aliphatic carbocycles. The number of rotatable bonds is 5. The molecule has 0 heterocycles. The Hall–Kier alpha value is -1.23. The average molecular weight is 313 g/mol. The van der Waals surface area contributed by atoms with Crippen molar-refractivity contribution in [1.29, 1.82) is 0 Å². The van der Waals surface area contributed by atoms with Crippen molar-refractivity contribution in [3.8, 4) is 5.75 Å². The summed E-state index contributed by atoms with van der Waals surface area (Å²) in [5.74, 6) is 0.594. The lowest BCUT2D eigenvalue weighted by Crippen LogP contribution is -2.03. The lowest BCUT2D eigenvalue weighted by atomic mass is 10.1. The zero-order valence-electron chi connectivity index (χ0n) is 10.8. The van der Waals surface area contributed by atoms with Crippen molar-refractivity contribution < 1.29 is 14.2 Å². The highest BCUT2D eigenvalue weighted by molar-refractivity contribution is 7.99. The van der Waals surface area contributed by atoms with Gasteiger partial charge in [-0.25, -0.2) is 4.39 Å². The molecule has 1 atom stereocenters. The molecular weight excluding hydrogens is 299 g/mol. The van der Waals surface area contributed by atoms with Crippen LogP contribution in [0, 0.1) is 5.82 Å². The van der Waals surface area contributed by atoms with Gasteiger partial charge in [-0.15, -0.1) is 11.8 Å². The van der Waals surface area contributed by atoms with Crippen LogP contribution in [-0.4, -0.2) is 18.0 Å². The van der Waals surface area contributed by atoms with Gasteiger partial charge in [-0.05, 0) is 30.3 Å². The van der Waals surface area contributed by atoms with Crippen molar-refractivity contribution in [2.75, 3.05) is 12.9 Å². The fraction of sp³-hybridized carbons (Fsp3) is 0.200. The SMILES string of the molecule is COc1ccc(Cl)cc1C(O)CSc1ccccc1F. The molecule has 0 spiro atoms. The fourth-order valence-corrected chi connectivity index (χ4v) is 2.86. The smallest absolute Gasteiger partial charge is 0.136 e. The van der Waals surface area contributed by atoms with Gasteiger partial charge in [0.25, 0.3) is 0 Å².